The first-order valence-corrected chi connectivity index (χ1v) is 8.00. The van der Waals surface area contributed by atoms with E-state index in [0.29, 0.717) is 11.8 Å². The average molecular weight is 268 g/mol. The van der Waals surface area contributed by atoms with Crippen molar-refractivity contribution in [2.45, 2.75) is 50.9 Å². The van der Waals surface area contributed by atoms with Gasteiger partial charge in [-0.25, -0.2) is 0 Å². The third-order valence-electron chi connectivity index (χ3n) is 5.56. The number of hydrogen-bond acceptors (Lipinski definition) is 4. The summed E-state index contributed by atoms with van der Waals surface area (Å²) in [5.74, 6) is 1.21. The lowest BCUT2D eigenvalue weighted by Gasteiger charge is -2.32. The molecule has 2 aliphatic heterocycles. The zero-order valence-electron chi connectivity index (χ0n) is 12.0. The van der Waals surface area contributed by atoms with Gasteiger partial charge in [-0.2, -0.15) is 0 Å². The van der Waals surface area contributed by atoms with E-state index in [9.17, 15) is 10.2 Å². The number of hydrogen-bond donors (Lipinski definition) is 2. The van der Waals surface area contributed by atoms with Gasteiger partial charge in [0.05, 0.1) is 12.2 Å². The summed E-state index contributed by atoms with van der Waals surface area (Å²) >= 11 is 0. The minimum Gasteiger partial charge on any atom is -0.390 e. The van der Waals surface area contributed by atoms with Crippen molar-refractivity contribution in [3.63, 3.8) is 0 Å². The molecule has 0 radical (unpaired) electrons. The highest BCUT2D eigenvalue weighted by Gasteiger charge is 2.41. The number of aliphatic hydroxyl groups excluding tert-OH is 2. The summed E-state index contributed by atoms with van der Waals surface area (Å²) in [6, 6.07) is 0.736. The zero-order valence-corrected chi connectivity index (χ0v) is 12.0. The van der Waals surface area contributed by atoms with Crippen LogP contribution in [0.5, 0.6) is 0 Å². The van der Waals surface area contributed by atoms with Crippen LogP contribution in [-0.4, -0.2) is 71.0 Å². The third-order valence-corrected chi connectivity index (χ3v) is 5.56. The molecule has 0 spiro atoms. The van der Waals surface area contributed by atoms with Gasteiger partial charge in [0.2, 0.25) is 0 Å². The van der Waals surface area contributed by atoms with E-state index in [1.54, 1.807) is 0 Å². The van der Waals surface area contributed by atoms with Crippen LogP contribution in [-0.2, 0) is 0 Å². The van der Waals surface area contributed by atoms with Crippen molar-refractivity contribution >= 4 is 0 Å². The van der Waals surface area contributed by atoms with Gasteiger partial charge >= 0.3 is 0 Å². The Hall–Kier alpha value is -0.160. The fourth-order valence-electron chi connectivity index (χ4n) is 4.47. The normalized spacial score (nSPS) is 44.7. The van der Waals surface area contributed by atoms with Crippen LogP contribution in [0.4, 0.5) is 0 Å². The zero-order chi connectivity index (χ0) is 13.4. The van der Waals surface area contributed by atoms with Crippen LogP contribution in [0.3, 0.4) is 0 Å². The molecule has 0 amide bonds. The highest BCUT2D eigenvalue weighted by molar-refractivity contribution is 4.94. The van der Waals surface area contributed by atoms with Crippen molar-refractivity contribution in [1.29, 1.82) is 0 Å². The second kappa shape index (κ2) is 5.68. The van der Waals surface area contributed by atoms with Gasteiger partial charge in [0, 0.05) is 25.7 Å². The molecular formula is C15H28N2O2. The van der Waals surface area contributed by atoms with E-state index in [1.165, 1.54) is 32.5 Å². The second-order valence-corrected chi connectivity index (χ2v) is 6.77. The quantitative estimate of drug-likeness (QED) is 0.784. The molecule has 3 fully saturated rings. The summed E-state index contributed by atoms with van der Waals surface area (Å²) in [5, 5.41) is 19.6. The maximum absolute atomic E-state index is 9.80. The molecule has 4 nitrogen and oxygen atoms in total. The molecule has 5 atom stereocenters. The maximum Gasteiger partial charge on any atom is 0.0802 e. The molecule has 0 aromatic carbocycles. The highest BCUT2D eigenvalue weighted by Crippen LogP contribution is 2.37. The first kappa shape index (κ1) is 13.8. The minimum absolute atomic E-state index is 0.486. The van der Waals surface area contributed by atoms with E-state index >= 15 is 0 Å². The minimum atomic E-state index is -0.486. The van der Waals surface area contributed by atoms with Crippen molar-refractivity contribution in [2.75, 3.05) is 32.7 Å². The van der Waals surface area contributed by atoms with E-state index in [1.807, 2.05) is 0 Å². The van der Waals surface area contributed by atoms with Crippen LogP contribution in [0.15, 0.2) is 0 Å². The molecule has 2 heterocycles. The number of fused-ring (bicyclic) bond motifs is 1. The molecule has 2 N–H and O–H groups in total. The monoisotopic (exact) mass is 268 g/mol. The summed E-state index contributed by atoms with van der Waals surface area (Å²) in [4.78, 5) is 5.18. The largest absolute Gasteiger partial charge is 0.390 e. The Kier molecular flexibility index (Phi) is 4.13. The van der Waals surface area contributed by atoms with Crippen LogP contribution in [0.2, 0.25) is 0 Å². The van der Waals surface area contributed by atoms with Crippen molar-refractivity contribution in [2.24, 2.45) is 11.8 Å². The second-order valence-electron chi connectivity index (χ2n) is 6.77. The summed E-state index contributed by atoms with van der Waals surface area (Å²) in [7, 11) is 0. The van der Waals surface area contributed by atoms with Crippen LogP contribution in [0.1, 0.15) is 32.6 Å². The molecule has 1 saturated carbocycles. The molecule has 19 heavy (non-hydrogen) atoms. The van der Waals surface area contributed by atoms with Crippen LogP contribution >= 0.6 is 0 Å². The van der Waals surface area contributed by atoms with Crippen molar-refractivity contribution in [1.82, 2.24) is 9.80 Å². The fourth-order valence-corrected chi connectivity index (χ4v) is 4.47. The van der Waals surface area contributed by atoms with E-state index in [4.69, 9.17) is 0 Å². The summed E-state index contributed by atoms with van der Waals surface area (Å²) < 4.78 is 0. The molecule has 3 aliphatic rings. The van der Waals surface area contributed by atoms with Crippen LogP contribution < -0.4 is 0 Å². The number of aliphatic hydroxyl groups is 2. The van der Waals surface area contributed by atoms with E-state index < -0.39 is 12.2 Å². The predicted octanol–water partition coefficient (Wildman–Crippen LogP) is 0.534. The average Bonchev–Trinajstić information content (AvgIpc) is 2.96. The third kappa shape index (κ3) is 2.82. The molecule has 0 aromatic heterocycles. The molecule has 110 valence electrons. The maximum atomic E-state index is 9.80. The van der Waals surface area contributed by atoms with Gasteiger partial charge in [-0.1, -0.05) is 6.92 Å². The van der Waals surface area contributed by atoms with Gasteiger partial charge in [0.1, 0.15) is 0 Å². The van der Waals surface area contributed by atoms with Crippen LogP contribution in [0.25, 0.3) is 0 Å². The van der Waals surface area contributed by atoms with Gasteiger partial charge in [0.15, 0.2) is 0 Å². The van der Waals surface area contributed by atoms with Crippen LogP contribution in [0, 0.1) is 11.8 Å². The van der Waals surface area contributed by atoms with Gasteiger partial charge in [-0.15, -0.1) is 0 Å². The first-order chi connectivity index (χ1) is 9.17. The Morgan fingerprint density at radius 1 is 1.05 bits per heavy atom. The van der Waals surface area contributed by atoms with Gasteiger partial charge < -0.3 is 15.1 Å². The lowest BCUT2D eigenvalue weighted by molar-refractivity contribution is -0.0372. The lowest BCUT2D eigenvalue weighted by atomic mass is 9.79. The smallest absolute Gasteiger partial charge is 0.0802 e. The Morgan fingerprint density at radius 3 is 2.26 bits per heavy atom. The van der Waals surface area contributed by atoms with Gasteiger partial charge in [0.25, 0.3) is 0 Å². The summed E-state index contributed by atoms with van der Waals surface area (Å²) in [5.41, 5.74) is 0. The molecular weight excluding hydrogens is 240 g/mol. The van der Waals surface area contributed by atoms with E-state index in [0.717, 1.165) is 32.0 Å². The highest BCUT2D eigenvalue weighted by atomic mass is 16.3. The number of rotatable bonds is 3. The fraction of sp³-hybridized carbons (Fsp3) is 1.00. The summed E-state index contributed by atoms with van der Waals surface area (Å²) in [6.45, 7) is 8.13. The van der Waals surface area contributed by atoms with Gasteiger partial charge in [-0.3, -0.25) is 4.90 Å². The molecule has 1 aliphatic carbocycles. The number of nitrogens with zero attached hydrogens (tertiary/aromatic N) is 2. The molecule has 2 saturated heterocycles. The van der Waals surface area contributed by atoms with E-state index in [-0.39, 0.29) is 0 Å². The Bertz CT molecular complexity index is 295. The topological polar surface area (TPSA) is 46.9 Å². The molecule has 4 heteroatoms. The number of likely N-dealkylation sites (N-methyl/N-ethyl adjacent to an activating group) is 1. The SMILES string of the molecule is CCN1CCCC1CN1C[C@H]2C[C@H](O)[C@H](O)C[C@H]2C1. The van der Waals surface area contributed by atoms with Gasteiger partial charge in [-0.05, 0) is 50.6 Å². The van der Waals surface area contributed by atoms with E-state index in [2.05, 4.69) is 16.7 Å². The molecule has 0 aromatic rings. The summed E-state index contributed by atoms with van der Waals surface area (Å²) in [6.07, 6.45) is 3.30. The molecule has 1 unspecified atom stereocenters. The van der Waals surface area contributed by atoms with Crippen molar-refractivity contribution in [3.05, 3.63) is 0 Å². The number of likely N-dealkylation sites (tertiary alicyclic amines) is 2. The standard InChI is InChI=1S/C15H28N2O2/c1-2-17-5-3-4-13(17)10-16-8-11-6-14(18)15(19)7-12(11)9-16/h11-15,18-19H,2-10H2,1H3/t11-,12+,13?,14+,15-. The Morgan fingerprint density at radius 2 is 1.68 bits per heavy atom. The van der Waals surface area contributed by atoms with Crippen molar-refractivity contribution < 1.29 is 10.2 Å². The van der Waals surface area contributed by atoms with Crippen molar-refractivity contribution in [3.8, 4) is 0 Å². The first-order valence-electron chi connectivity index (χ1n) is 8.00. The predicted molar refractivity (Wildman–Crippen MR) is 74.9 cm³/mol. The lowest BCUT2D eigenvalue weighted by Crippen LogP contribution is -2.39. The Balaban J connectivity index is 1.54. The molecule has 0 bridgehead atoms. The Labute approximate surface area is 116 Å². The molecule has 3 rings (SSSR count).